The first-order chi connectivity index (χ1) is 16.8. The van der Waals surface area contributed by atoms with Gasteiger partial charge in [-0.05, 0) is 71.7 Å². The summed E-state index contributed by atoms with van der Waals surface area (Å²) in [5.41, 5.74) is 4.96. The molecule has 0 saturated heterocycles. The lowest BCUT2D eigenvalue weighted by Gasteiger charge is -2.19. The highest BCUT2D eigenvalue weighted by Gasteiger charge is 2.13. The number of imidazole rings is 1. The summed E-state index contributed by atoms with van der Waals surface area (Å²) in [6.45, 7) is 13.1. The first-order valence-corrected chi connectivity index (χ1v) is 12.7. The molecule has 0 amide bonds. The molecule has 184 valence electrons. The Morgan fingerprint density at radius 2 is 1.46 bits per heavy atom. The number of hydrogen-bond donors (Lipinski definition) is 0. The van der Waals surface area contributed by atoms with Gasteiger partial charge in [0.25, 0.3) is 0 Å². The molecule has 0 bridgehead atoms. The number of aromatic nitrogens is 2. The number of rotatable bonds is 10. The Balaban J connectivity index is 1.34. The van der Waals surface area contributed by atoms with E-state index in [1.165, 1.54) is 11.1 Å². The largest absolute Gasteiger partial charge is 0.494 e. The van der Waals surface area contributed by atoms with E-state index in [1.54, 1.807) is 0 Å². The SMILES string of the molecule is CC(C)c1ccc(OCc2nc3ccccc3n2CCCCOc2ccc(C(C)(C)C)cc2)cc1. The number of nitrogens with zero attached hydrogens (tertiary/aromatic N) is 2. The summed E-state index contributed by atoms with van der Waals surface area (Å²) < 4.78 is 14.4. The number of hydrogen-bond acceptors (Lipinski definition) is 3. The zero-order chi connectivity index (χ0) is 24.8. The van der Waals surface area contributed by atoms with Gasteiger partial charge in [0.05, 0.1) is 17.6 Å². The Bertz CT molecular complexity index is 1220. The third kappa shape index (κ3) is 6.45. The molecule has 0 atom stereocenters. The van der Waals surface area contributed by atoms with Gasteiger partial charge in [-0.1, -0.05) is 71.0 Å². The van der Waals surface area contributed by atoms with Crippen LogP contribution in [0.4, 0.5) is 0 Å². The Hall–Kier alpha value is -3.27. The normalized spacial score (nSPS) is 11.8. The summed E-state index contributed by atoms with van der Waals surface area (Å²) in [6.07, 6.45) is 1.99. The molecule has 0 spiro atoms. The molecule has 4 nitrogen and oxygen atoms in total. The lowest BCUT2D eigenvalue weighted by molar-refractivity contribution is 0.285. The van der Waals surface area contributed by atoms with Crippen LogP contribution in [0.1, 0.15) is 70.3 Å². The van der Waals surface area contributed by atoms with Crippen molar-refractivity contribution in [3.63, 3.8) is 0 Å². The summed E-state index contributed by atoms with van der Waals surface area (Å²) in [5, 5.41) is 0. The van der Waals surface area contributed by atoms with Gasteiger partial charge in [0.1, 0.15) is 23.9 Å². The zero-order valence-electron chi connectivity index (χ0n) is 21.8. The molecular weight excluding hydrogens is 432 g/mol. The number of benzene rings is 3. The highest BCUT2D eigenvalue weighted by Crippen LogP contribution is 2.25. The molecule has 0 aliphatic rings. The van der Waals surface area contributed by atoms with Crippen molar-refractivity contribution in [2.45, 2.75) is 71.9 Å². The Kier molecular flexibility index (Phi) is 7.80. The lowest BCUT2D eigenvalue weighted by Crippen LogP contribution is -2.10. The maximum absolute atomic E-state index is 6.11. The first-order valence-electron chi connectivity index (χ1n) is 12.7. The molecule has 0 N–H and O–H groups in total. The van der Waals surface area contributed by atoms with Crippen molar-refractivity contribution in [1.29, 1.82) is 0 Å². The number of fused-ring (bicyclic) bond motifs is 1. The molecular formula is C31H38N2O2. The number of para-hydroxylation sites is 2. The average Bonchev–Trinajstić information content (AvgIpc) is 3.20. The van der Waals surface area contributed by atoms with Crippen LogP contribution in [0.2, 0.25) is 0 Å². The monoisotopic (exact) mass is 470 g/mol. The van der Waals surface area contributed by atoms with Crippen molar-refractivity contribution in [3.05, 3.63) is 89.7 Å². The Morgan fingerprint density at radius 3 is 2.14 bits per heavy atom. The van der Waals surface area contributed by atoms with E-state index in [0.29, 0.717) is 19.1 Å². The standard InChI is InChI=1S/C31H38N2O2/c1-23(2)24-12-16-27(17-13-24)35-22-30-32-28-10-6-7-11-29(28)33(30)20-8-9-21-34-26-18-14-25(15-19-26)31(3,4)5/h6-7,10-19,23H,8-9,20-22H2,1-5H3. The van der Waals surface area contributed by atoms with Gasteiger partial charge < -0.3 is 14.0 Å². The van der Waals surface area contributed by atoms with Gasteiger partial charge in [0.15, 0.2) is 0 Å². The number of unbranched alkanes of at least 4 members (excludes halogenated alkanes) is 1. The predicted octanol–water partition coefficient (Wildman–Crippen LogP) is 7.90. The second-order valence-corrected chi connectivity index (χ2v) is 10.5. The van der Waals surface area contributed by atoms with Crippen LogP contribution < -0.4 is 9.47 Å². The van der Waals surface area contributed by atoms with E-state index in [9.17, 15) is 0 Å². The van der Waals surface area contributed by atoms with Crippen molar-refractivity contribution < 1.29 is 9.47 Å². The average molecular weight is 471 g/mol. The van der Waals surface area contributed by atoms with E-state index < -0.39 is 0 Å². The van der Waals surface area contributed by atoms with Crippen molar-refractivity contribution in [1.82, 2.24) is 9.55 Å². The van der Waals surface area contributed by atoms with Crippen LogP contribution in [0.3, 0.4) is 0 Å². The molecule has 35 heavy (non-hydrogen) atoms. The van der Waals surface area contributed by atoms with Crippen LogP contribution >= 0.6 is 0 Å². The molecule has 4 aromatic rings. The molecule has 0 aliphatic carbocycles. The second-order valence-electron chi connectivity index (χ2n) is 10.5. The molecule has 0 fully saturated rings. The van der Waals surface area contributed by atoms with Crippen LogP contribution in [0, 0.1) is 0 Å². The highest BCUT2D eigenvalue weighted by molar-refractivity contribution is 5.75. The van der Waals surface area contributed by atoms with Gasteiger partial charge in [0, 0.05) is 6.54 Å². The van der Waals surface area contributed by atoms with E-state index in [1.807, 2.05) is 18.2 Å². The third-order valence-electron chi connectivity index (χ3n) is 6.41. The topological polar surface area (TPSA) is 36.3 Å². The van der Waals surface area contributed by atoms with Gasteiger partial charge in [-0.3, -0.25) is 0 Å². The summed E-state index contributed by atoms with van der Waals surface area (Å²) in [4.78, 5) is 4.85. The van der Waals surface area contributed by atoms with Crippen LogP contribution in [-0.2, 0) is 18.6 Å². The Morgan fingerprint density at radius 1 is 0.800 bits per heavy atom. The second kappa shape index (κ2) is 11.0. The maximum atomic E-state index is 6.11. The minimum absolute atomic E-state index is 0.158. The van der Waals surface area contributed by atoms with Crippen molar-refractivity contribution >= 4 is 11.0 Å². The van der Waals surface area contributed by atoms with Crippen LogP contribution in [-0.4, -0.2) is 16.2 Å². The Labute approximate surface area is 209 Å². The van der Waals surface area contributed by atoms with Crippen molar-refractivity contribution in [2.24, 2.45) is 0 Å². The van der Waals surface area contributed by atoms with Gasteiger partial charge in [-0.25, -0.2) is 4.98 Å². The van der Waals surface area contributed by atoms with Gasteiger partial charge in [-0.15, -0.1) is 0 Å². The molecule has 0 radical (unpaired) electrons. The molecule has 3 aromatic carbocycles. The fourth-order valence-electron chi connectivity index (χ4n) is 4.20. The van der Waals surface area contributed by atoms with Gasteiger partial charge in [0.2, 0.25) is 0 Å². The summed E-state index contributed by atoms with van der Waals surface area (Å²) in [7, 11) is 0. The van der Waals surface area contributed by atoms with Crippen LogP contribution in [0.25, 0.3) is 11.0 Å². The summed E-state index contributed by atoms with van der Waals surface area (Å²) in [5.74, 6) is 3.28. The molecule has 4 heteroatoms. The molecule has 0 saturated carbocycles. The van der Waals surface area contributed by atoms with Crippen LogP contribution in [0.15, 0.2) is 72.8 Å². The lowest BCUT2D eigenvalue weighted by atomic mass is 9.87. The van der Waals surface area contributed by atoms with Crippen LogP contribution in [0.5, 0.6) is 11.5 Å². The van der Waals surface area contributed by atoms with E-state index in [2.05, 4.69) is 93.8 Å². The van der Waals surface area contributed by atoms with E-state index >= 15 is 0 Å². The van der Waals surface area contributed by atoms with Gasteiger partial charge >= 0.3 is 0 Å². The first kappa shape index (κ1) is 24.8. The zero-order valence-corrected chi connectivity index (χ0v) is 21.8. The maximum Gasteiger partial charge on any atom is 0.147 e. The highest BCUT2D eigenvalue weighted by atomic mass is 16.5. The smallest absolute Gasteiger partial charge is 0.147 e. The fraction of sp³-hybridized carbons (Fsp3) is 0.387. The fourth-order valence-corrected chi connectivity index (χ4v) is 4.20. The number of ether oxygens (including phenoxy) is 2. The predicted molar refractivity (Wildman–Crippen MR) is 144 cm³/mol. The summed E-state index contributed by atoms with van der Waals surface area (Å²) in [6, 6.07) is 25.2. The van der Waals surface area contributed by atoms with E-state index in [-0.39, 0.29) is 5.41 Å². The number of aryl methyl sites for hydroxylation is 1. The molecule has 4 rings (SSSR count). The van der Waals surface area contributed by atoms with E-state index in [4.69, 9.17) is 14.5 Å². The van der Waals surface area contributed by atoms with Crippen molar-refractivity contribution in [3.8, 4) is 11.5 Å². The molecule has 0 aliphatic heterocycles. The molecule has 0 unspecified atom stereocenters. The van der Waals surface area contributed by atoms with E-state index in [0.717, 1.165) is 47.7 Å². The minimum atomic E-state index is 0.158. The third-order valence-corrected chi connectivity index (χ3v) is 6.41. The molecule has 1 heterocycles. The summed E-state index contributed by atoms with van der Waals surface area (Å²) >= 11 is 0. The van der Waals surface area contributed by atoms with Crippen molar-refractivity contribution in [2.75, 3.05) is 6.61 Å². The minimum Gasteiger partial charge on any atom is -0.494 e. The molecule has 1 aromatic heterocycles. The van der Waals surface area contributed by atoms with Gasteiger partial charge in [-0.2, -0.15) is 0 Å². The quantitative estimate of drug-likeness (QED) is 0.221.